The molecule has 1 amide bonds. The van der Waals surface area contributed by atoms with Gasteiger partial charge in [0.15, 0.2) is 0 Å². The minimum absolute atomic E-state index is 0.0927. The lowest BCUT2D eigenvalue weighted by atomic mass is 9.90. The van der Waals surface area contributed by atoms with Crippen LogP contribution < -0.4 is 10.1 Å². The second-order valence-corrected chi connectivity index (χ2v) is 7.36. The van der Waals surface area contributed by atoms with Crippen molar-refractivity contribution in [3.8, 4) is 5.75 Å². The Morgan fingerprint density at radius 3 is 2.62 bits per heavy atom. The third kappa shape index (κ3) is 4.07. The van der Waals surface area contributed by atoms with Crippen molar-refractivity contribution in [2.75, 3.05) is 25.1 Å². The average Bonchev–Trinajstić information content (AvgIpc) is 2.68. The van der Waals surface area contributed by atoms with Gasteiger partial charge in [0, 0.05) is 30.8 Å². The van der Waals surface area contributed by atoms with Crippen LogP contribution in [0, 0.1) is 5.92 Å². The molecule has 26 heavy (non-hydrogen) atoms. The topological polar surface area (TPSA) is 41.6 Å². The van der Waals surface area contributed by atoms with E-state index in [0.717, 1.165) is 42.4 Å². The highest BCUT2D eigenvalue weighted by atomic mass is 16.5. The van der Waals surface area contributed by atoms with Crippen LogP contribution in [0.1, 0.15) is 30.4 Å². The molecule has 2 heterocycles. The lowest BCUT2D eigenvalue weighted by Gasteiger charge is -2.32. The number of nitrogens with one attached hydrogen (secondary N) is 1. The normalized spacial score (nSPS) is 18.2. The highest BCUT2D eigenvalue weighted by Gasteiger charge is 2.21. The van der Waals surface area contributed by atoms with Gasteiger partial charge in [-0.05, 0) is 49.3 Å². The number of amides is 1. The smallest absolute Gasteiger partial charge is 0.224 e. The lowest BCUT2D eigenvalue weighted by molar-refractivity contribution is -0.116. The minimum Gasteiger partial charge on any atom is -0.478 e. The fourth-order valence-corrected chi connectivity index (χ4v) is 3.96. The SMILES string of the molecule is O=C1CCc2c(cccc2OCN2CCC(Cc3ccccc3)CC2)N1. The molecule has 1 fully saturated rings. The van der Waals surface area contributed by atoms with Crippen molar-refractivity contribution < 1.29 is 9.53 Å². The van der Waals surface area contributed by atoms with Gasteiger partial charge in [0.25, 0.3) is 0 Å². The molecule has 4 nitrogen and oxygen atoms in total. The maximum atomic E-state index is 11.5. The first-order valence-corrected chi connectivity index (χ1v) is 9.59. The molecule has 1 saturated heterocycles. The van der Waals surface area contributed by atoms with E-state index in [1.165, 1.54) is 24.8 Å². The predicted molar refractivity (Wildman–Crippen MR) is 103 cm³/mol. The van der Waals surface area contributed by atoms with E-state index in [9.17, 15) is 4.79 Å². The predicted octanol–water partition coefficient (Wildman–Crippen LogP) is 3.86. The van der Waals surface area contributed by atoms with E-state index < -0.39 is 0 Å². The number of rotatable bonds is 5. The number of anilines is 1. The van der Waals surface area contributed by atoms with Crippen LogP contribution >= 0.6 is 0 Å². The van der Waals surface area contributed by atoms with Crippen LogP contribution in [0.2, 0.25) is 0 Å². The number of fused-ring (bicyclic) bond motifs is 1. The molecule has 0 radical (unpaired) electrons. The van der Waals surface area contributed by atoms with E-state index >= 15 is 0 Å². The van der Waals surface area contributed by atoms with Crippen LogP contribution in [0.3, 0.4) is 0 Å². The van der Waals surface area contributed by atoms with Crippen LogP contribution in [0.5, 0.6) is 5.75 Å². The molecule has 0 aliphatic carbocycles. The minimum atomic E-state index is 0.0927. The summed E-state index contributed by atoms with van der Waals surface area (Å²) in [6, 6.07) is 16.7. The van der Waals surface area contributed by atoms with Crippen LogP contribution in [0.15, 0.2) is 48.5 Å². The fraction of sp³-hybridized carbons (Fsp3) is 0.409. The number of benzene rings is 2. The zero-order valence-electron chi connectivity index (χ0n) is 15.1. The number of piperidine rings is 1. The molecule has 0 atom stereocenters. The quantitative estimate of drug-likeness (QED) is 0.890. The van der Waals surface area contributed by atoms with Crippen molar-refractivity contribution in [3.05, 3.63) is 59.7 Å². The highest BCUT2D eigenvalue weighted by molar-refractivity contribution is 5.94. The number of nitrogens with zero attached hydrogens (tertiary/aromatic N) is 1. The van der Waals surface area contributed by atoms with Gasteiger partial charge in [-0.1, -0.05) is 36.4 Å². The van der Waals surface area contributed by atoms with E-state index in [1.54, 1.807) is 0 Å². The summed E-state index contributed by atoms with van der Waals surface area (Å²) in [4.78, 5) is 13.9. The number of carbonyl (C=O) groups excluding carboxylic acids is 1. The summed E-state index contributed by atoms with van der Waals surface area (Å²) in [7, 11) is 0. The summed E-state index contributed by atoms with van der Waals surface area (Å²) in [5.74, 6) is 1.78. The molecule has 2 aliphatic heterocycles. The lowest BCUT2D eigenvalue weighted by Crippen LogP contribution is -2.37. The number of hydrogen-bond acceptors (Lipinski definition) is 3. The average molecular weight is 350 g/mol. The maximum Gasteiger partial charge on any atom is 0.224 e. The molecule has 0 unspecified atom stereocenters. The molecule has 0 spiro atoms. The van der Waals surface area contributed by atoms with E-state index in [-0.39, 0.29) is 5.91 Å². The molecule has 2 aromatic carbocycles. The summed E-state index contributed by atoms with van der Waals surface area (Å²) in [5.41, 5.74) is 3.48. The van der Waals surface area contributed by atoms with Crippen molar-refractivity contribution >= 4 is 11.6 Å². The van der Waals surface area contributed by atoms with Gasteiger partial charge >= 0.3 is 0 Å². The molecule has 1 N–H and O–H groups in total. The zero-order chi connectivity index (χ0) is 17.8. The van der Waals surface area contributed by atoms with Gasteiger partial charge in [-0.2, -0.15) is 0 Å². The third-order valence-corrected chi connectivity index (χ3v) is 5.49. The zero-order valence-corrected chi connectivity index (χ0v) is 15.1. The summed E-state index contributed by atoms with van der Waals surface area (Å²) >= 11 is 0. The van der Waals surface area contributed by atoms with Crippen LogP contribution in [-0.2, 0) is 17.6 Å². The number of likely N-dealkylation sites (tertiary alicyclic amines) is 1. The van der Waals surface area contributed by atoms with Gasteiger partial charge in [0.1, 0.15) is 12.5 Å². The molecular weight excluding hydrogens is 324 g/mol. The van der Waals surface area contributed by atoms with Gasteiger partial charge in [-0.3, -0.25) is 9.69 Å². The Kier molecular flexibility index (Phi) is 5.21. The number of carbonyl (C=O) groups is 1. The molecule has 0 bridgehead atoms. The summed E-state index contributed by atoms with van der Waals surface area (Å²) in [5, 5.41) is 2.93. The van der Waals surface area contributed by atoms with Crippen LogP contribution in [0.25, 0.3) is 0 Å². The van der Waals surface area contributed by atoms with Crippen molar-refractivity contribution in [2.24, 2.45) is 5.92 Å². The Labute approximate surface area is 155 Å². The third-order valence-electron chi connectivity index (χ3n) is 5.49. The Morgan fingerprint density at radius 2 is 1.81 bits per heavy atom. The van der Waals surface area contributed by atoms with Gasteiger partial charge in [-0.15, -0.1) is 0 Å². The monoisotopic (exact) mass is 350 g/mol. The highest BCUT2D eigenvalue weighted by Crippen LogP contribution is 2.31. The van der Waals surface area contributed by atoms with E-state index in [1.807, 2.05) is 18.2 Å². The van der Waals surface area contributed by atoms with Gasteiger partial charge in [0.2, 0.25) is 5.91 Å². The molecule has 4 heteroatoms. The van der Waals surface area contributed by atoms with Crippen molar-refractivity contribution in [1.82, 2.24) is 4.90 Å². The second-order valence-electron chi connectivity index (χ2n) is 7.36. The van der Waals surface area contributed by atoms with E-state index in [0.29, 0.717) is 13.2 Å². The molecular formula is C22H26N2O2. The molecule has 4 rings (SSSR count). The Morgan fingerprint density at radius 1 is 1.00 bits per heavy atom. The second kappa shape index (κ2) is 7.92. The molecule has 2 aliphatic rings. The fourth-order valence-electron chi connectivity index (χ4n) is 3.96. The van der Waals surface area contributed by atoms with Crippen LogP contribution in [0.4, 0.5) is 5.69 Å². The van der Waals surface area contributed by atoms with Crippen molar-refractivity contribution in [2.45, 2.75) is 32.1 Å². The first-order chi connectivity index (χ1) is 12.8. The largest absolute Gasteiger partial charge is 0.478 e. The van der Waals surface area contributed by atoms with Gasteiger partial charge < -0.3 is 10.1 Å². The van der Waals surface area contributed by atoms with Crippen LogP contribution in [-0.4, -0.2) is 30.6 Å². The standard InChI is InChI=1S/C22H26N2O2/c25-22-10-9-19-20(23-22)7-4-8-21(19)26-16-24-13-11-18(12-14-24)15-17-5-2-1-3-6-17/h1-8,18H,9-16H2,(H,23,25). The maximum absolute atomic E-state index is 11.5. The molecule has 136 valence electrons. The summed E-state index contributed by atoms with van der Waals surface area (Å²) < 4.78 is 6.11. The first-order valence-electron chi connectivity index (χ1n) is 9.59. The summed E-state index contributed by atoms with van der Waals surface area (Å²) in [6.07, 6.45) is 4.93. The van der Waals surface area contributed by atoms with Gasteiger partial charge in [0.05, 0.1) is 0 Å². The Balaban J connectivity index is 1.28. The van der Waals surface area contributed by atoms with Gasteiger partial charge in [-0.25, -0.2) is 0 Å². The van der Waals surface area contributed by atoms with E-state index in [4.69, 9.17) is 4.74 Å². The number of ether oxygens (including phenoxy) is 1. The Hall–Kier alpha value is -2.33. The molecule has 0 aromatic heterocycles. The Bertz CT molecular complexity index is 752. The number of hydrogen-bond donors (Lipinski definition) is 1. The van der Waals surface area contributed by atoms with E-state index in [2.05, 4.69) is 40.5 Å². The molecule has 2 aromatic rings. The molecule has 0 saturated carbocycles. The van der Waals surface area contributed by atoms with Crippen molar-refractivity contribution in [1.29, 1.82) is 0 Å². The summed E-state index contributed by atoms with van der Waals surface area (Å²) in [6.45, 7) is 2.80. The first kappa shape index (κ1) is 17.1. The van der Waals surface area contributed by atoms with Crippen molar-refractivity contribution in [3.63, 3.8) is 0 Å².